The molecule has 0 unspecified atom stereocenters. The normalized spacial score (nSPS) is 28.7. The zero-order chi connectivity index (χ0) is 19.8. The Morgan fingerprint density at radius 2 is 2.00 bits per heavy atom. The molecule has 152 valence electrons. The minimum absolute atomic E-state index is 0.147. The van der Waals surface area contributed by atoms with E-state index in [0.29, 0.717) is 17.1 Å². The van der Waals surface area contributed by atoms with Crippen LogP contribution in [0.2, 0.25) is 0 Å². The van der Waals surface area contributed by atoms with Crippen LogP contribution in [0.4, 0.5) is 11.8 Å². The smallest absolute Gasteiger partial charge is 0.250 e. The van der Waals surface area contributed by atoms with E-state index in [4.69, 9.17) is 10.5 Å². The molecule has 1 aliphatic carbocycles. The molecule has 2 fully saturated rings. The summed E-state index contributed by atoms with van der Waals surface area (Å²) >= 11 is 0. The number of nitrogens with zero attached hydrogens (tertiary/aromatic N) is 6. The molecule has 4 atom stereocenters. The second-order valence-corrected chi connectivity index (χ2v) is 7.24. The van der Waals surface area contributed by atoms with Gasteiger partial charge in [0.05, 0.1) is 19.0 Å². The number of hydrazone groups is 1. The number of fused-ring (bicyclic) bond motifs is 1. The standard InChI is InChI=1S/C17H25N7O4/c1-19-24(9-5-3-2-4-6-9)17-21-14(18)11-15(22-17)23(8-20-11)16-13(27)12(26)10(7-25)28-16/h8-10,12-13,16,25-27H,1-7H2,(H2,18,21,22)/t10-,12-,13-,16-/m1/s1. The number of nitrogen functional groups attached to an aromatic ring is 1. The first kappa shape index (κ1) is 19.0. The van der Waals surface area contributed by atoms with Gasteiger partial charge in [-0.15, -0.1) is 0 Å². The van der Waals surface area contributed by atoms with Crippen LogP contribution in [0.15, 0.2) is 11.4 Å². The van der Waals surface area contributed by atoms with Crippen LogP contribution in [-0.2, 0) is 4.74 Å². The van der Waals surface area contributed by atoms with E-state index in [1.165, 1.54) is 17.3 Å². The van der Waals surface area contributed by atoms with Crippen LogP contribution in [-0.4, -0.2) is 72.5 Å². The summed E-state index contributed by atoms with van der Waals surface area (Å²) in [5.41, 5.74) is 6.80. The fourth-order valence-corrected chi connectivity index (χ4v) is 3.99. The maximum atomic E-state index is 10.3. The lowest BCUT2D eigenvalue weighted by Gasteiger charge is -2.30. The van der Waals surface area contributed by atoms with Gasteiger partial charge in [-0.3, -0.25) is 4.57 Å². The van der Waals surface area contributed by atoms with Gasteiger partial charge < -0.3 is 25.8 Å². The Morgan fingerprint density at radius 1 is 1.25 bits per heavy atom. The second-order valence-electron chi connectivity index (χ2n) is 7.24. The van der Waals surface area contributed by atoms with Crippen molar-refractivity contribution in [3.8, 4) is 0 Å². The molecule has 2 aromatic rings. The van der Waals surface area contributed by atoms with Gasteiger partial charge in [0.2, 0.25) is 0 Å². The van der Waals surface area contributed by atoms with Gasteiger partial charge in [0.1, 0.15) is 23.8 Å². The molecule has 1 saturated carbocycles. The summed E-state index contributed by atoms with van der Waals surface area (Å²) in [5.74, 6) is 0.482. The molecule has 0 radical (unpaired) electrons. The van der Waals surface area contributed by atoms with E-state index < -0.39 is 31.1 Å². The molecule has 5 N–H and O–H groups in total. The number of aromatic nitrogens is 4. The number of imidazole rings is 1. The number of ether oxygens (including phenoxy) is 1. The fraction of sp³-hybridized carbons (Fsp3) is 0.647. The quantitative estimate of drug-likeness (QED) is 0.399. The van der Waals surface area contributed by atoms with Gasteiger partial charge in [-0.2, -0.15) is 15.1 Å². The van der Waals surface area contributed by atoms with Crippen molar-refractivity contribution in [2.45, 2.75) is 62.7 Å². The van der Waals surface area contributed by atoms with Crippen LogP contribution >= 0.6 is 0 Å². The first-order chi connectivity index (χ1) is 13.5. The summed E-state index contributed by atoms with van der Waals surface area (Å²) < 4.78 is 7.08. The van der Waals surface area contributed by atoms with Crippen molar-refractivity contribution in [2.75, 3.05) is 17.3 Å². The third kappa shape index (κ3) is 3.09. The molecule has 3 heterocycles. The predicted octanol–water partition coefficient (Wildman–Crippen LogP) is -0.225. The Hall–Kier alpha value is -2.34. The van der Waals surface area contributed by atoms with Gasteiger partial charge in [-0.1, -0.05) is 19.3 Å². The lowest BCUT2D eigenvalue weighted by Crippen LogP contribution is -2.34. The summed E-state index contributed by atoms with van der Waals surface area (Å²) in [7, 11) is 0. The van der Waals surface area contributed by atoms with Gasteiger partial charge in [-0.05, 0) is 12.8 Å². The largest absolute Gasteiger partial charge is 0.394 e. The molecule has 4 rings (SSSR count). The van der Waals surface area contributed by atoms with Crippen LogP contribution in [0.25, 0.3) is 11.2 Å². The number of hydrogen-bond acceptors (Lipinski definition) is 10. The molecule has 0 amide bonds. The van der Waals surface area contributed by atoms with Crippen molar-refractivity contribution in [2.24, 2.45) is 5.10 Å². The number of aliphatic hydroxyl groups is 3. The summed E-state index contributed by atoms with van der Waals surface area (Å²) in [6.45, 7) is 3.24. The van der Waals surface area contributed by atoms with Crippen LogP contribution < -0.4 is 10.7 Å². The highest BCUT2D eigenvalue weighted by Gasteiger charge is 2.44. The van der Waals surface area contributed by atoms with Gasteiger partial charge >= 0.3 is 0 Å². The van der Waals surface area contributed by atoms with Crippen LogP contribution in [0.1, 0.15) is 38.3 Å². The van der Waals surface area contributed by atoms with Crippen molar-refractivity contribution >= 4 is 29.6 Å². The maximum absolute atomic E-state index is 10.3. The van der Waals surface area contributed by atoms with Crippen molar-refractivity contribution in [1.29, 1.82) is 0 Å². The van der Waals surface area contributed by atoms with Crippen molar-refractivity contribution < 1.29 is 20.1 Å². The molecule has 1 saturated heterocycles. The van der Waals surface area contributed by atoms with Crippen molar-refractivity contribution in [3.63, 3.8) is 0 Å². The average Bonchev–Trinajstić information content (AvgIpc) is 3.25. The van der Waals surface area contributed by atoms with E-state index in [2.05, 4.69) is 26.8 Å². The number of anilines is 2. The van der Waals surface area contributed by atoms with Crippen molar-refractivity contribution in [1.82, 2.24) is 19.5 Å². The first-order valence-corrected chi connectivity index (χ1v) is 9.43. The first-order valence-electron chi connectivity index (χ1n) is 9.43. The Labute approximate surface area is 161 Å². The Balaban J connectivity index is 1.73. The molecule has 2 aromatic heterocycles. The highest BCUT2D eigenvalue weighted by Crippen LogP contribution is 2.33. The number of hydrogen-bond donors (Lipinski definition) is 4. The molecule has 11 heteroatoms. The van der Waals surface area contributed by atoms with Gasteiger partial charge in [-0.25, -0.2) is 9.99 Å². The van der Waals surface area contributed by atoms with E-state index in [0.717, 1.165) is 25.7 Å². The Morgan fingerprint density at radius 3 is 2.64 bits per heavy atom. The molecule has 1 aliphatic heterocycles. The maximum Gasteiger partial charge on any atom is 0.250 e. The lowest BCUT2D eigenvalue weighted by molar-refractivity contribution is -0.0511. The second kappa shape index (κ2) is 7.59. The minimum Gasteiger partial charge on any atom is -0.394 e. The van der Waals surface area contributed by atoms with E-state index in [9.17, 15) is 15.3 Å². The van der Waals surface area contributed by atoms with Crippen LogP contribution in [0.3, 0.4) is 0 Å². The molecular formula is C17H25N7O4. The molecule has 0 aromatic carbocycles. The van der Waals surface area contributed by atoms with E-state index >= 15 is 0 Å². The highest BCUT2D eigenvalue weighted by molar-refractivity contribution is 5.83. The van der Waals surface area contributed by atoms with Crippen molar-refractivity contribution in [3.05, 3.63) is 6.33 Å². The highest BCUT2D eigenvalue weighted by atomic mass is 16.6. The molecule has 2 aliphatic rings. The third-order valence-electron chi connectivity index (χ3n) is 5.51. The monoisotopic (exact) mass is 391 g/mol. The van der Waals surface area contributed by atoms with E-state index in [1.54, 1.807) is 5.01 Å². The van der Waals surface area contributed by atoms with E-state index in [-0.39, 0.29) is 11.9 Å². The Kier molecular flexibility index (Phi) is 5.15. The lowest BCUT2D eigenvalue weighted by atomic mass is 9.95. The van der Waals surface area contributed by atoms with E-state index in [1.807, 2.05) is 0 Å². The predicted molar refractivity (Wildman–Crippen MR) is 102 cm³/mol. The number of rotatable bonds is 5. The Bertz CT molecular complexity index is 853. The van der Waals surface area contributed by atoms with Crippen LogP contribution in [0.5, 0.6) is 0 Å². The summed E-state index contributed by atoms with van der Waals surface area (Å²) in [6, 6.07) is 0.147. The average molecular weight is 391 g/mol. The molecule has 0 bridgehead atoms. The van der Waals surface area contributed by atoms with Crippen LogP contribution in [0, 0.1) is 0 Å². The van der Waals surface area contributed by atoms with Gasteiger partial charge in [0.15, 0.2) is 17.7 Å². The topological polar surface area (TPSA) is 155 Å². The SMILES string of the molecule is C=NN(c1nc(N)c2ncn([C@@H]3O[C@H](CO)[C@@H](O)[C@H]3O)c2n1)C1CCCCC1. The number of aliphatic hydroxyl groups excluding tert-OH is 3. The molecule has 28 heavy (non-hydrogen) atoms. The van der Waals surface area contributed by atoms with Gasteiger partial charge in [0, 0.05) is 6.72 Å². The number of nitrogens with two attached hydrogens (primary N) is 1. The summed E-state index contributed by atoms with van der Waals surface area (Å²) in [5, 5.41) is 35.5. The molecule has 0 spiro atoms. The zero-order valence-electron chi connectivity index (χ0n) is 15.4. The molecule has 11 nitrogen and oxygen atoms in total. The molecular weight excluding hydrogens is 366 g/mol. The third-order valence-corrected chi connectivity index (χ3v) is 5.51. The van der Waals surface area contributed by atoms with Gasteiger partial charge in [0.25, 0.3) is 5.95 Å². The summed E-state index contributed by atoms with van der Waals surface area (Å²) in [4.78, 5) is 13.1. The minimum atomic E-state index is -1.25. The fourth-order valence-electron chi connectivity index (χ4n) is 3.99. The summed E-state index contributed by atoms with van der Waals surface area (Å²) in [6.07, 6.45) is 2.44. The zero-order valence-corrected chi connectivity index (χ0v) is 15.4.